The quantitative estimate of drug-likeness (QED) is 0.253. The zero-order valence-corrected chi connectivity index (χ0v) is 15.1. The molecule has 3 rings (SSSR count). The topological polar surface area (TPSA) is 97.9 Å². The molecule has 3 aromatic rings. The number of nitrogens with zero attached hydrogens (tertiary/aromatic N) is 3. The molecule has 136 valence electrons. The van der Waals surface area contributed by atoms with Crippen LogP contribution in [0.5, 0.6) is 11.5 Å². The smallest absolute Gasteiger partial charge is 0.312 e. The summed E-state index contributed by atoms with van der Waals surface area (Å²) in [6.07, 6.45) is 1.57. The minimum Gasteiger partial charge on any atom is -0.506 e. The van der Waals surface area contributed by atoms with E-state index in [1.165, 1.54) is 23.5 Å². The number of thiazole rings is 1. The summed E-state index contributed by atoms with van der Waals surface area (Å²) < 4.78 is 5.63. The Morgan fingerprint density at radius 3 is 2.70 bits per heavy atom. The maximum atomic E-state index is 11.5. The van der Waals surface area contributed by atoms with E-state index in [1.54, 1.807) is 43.5 Å². The molecule has 0 saturated heterocycles. The van der Waals surface area contributed by atoms with Crippen LogP contribution in [0.4, 0.5) is 10.7 Å². The summed E-state index contributed by atoms with van der Waals surface area (Å²) in [5, 5.41) is 22.2. The van der Waals surface area contributed by atoms with Gasteiger partial charge in [-0.3, -0.25) is 10.1 Å². The number of nitro benzene ring substituents is 1. The number of para-hydroxylation sites is 1. The van der Waals surface area contributed by atoms with Crippen LogP contribution in [0.2, 0.25) is 0 Å². The fourth-order valence-electron chi connectivity index (χ4n) is 2.32. The molecule has 0 spiro atoms. The molecular formula is C19H15N3O4S. The van der Waals surface area contributed by atoms with E-state index < -0.39 is 4.92 Å². The van der Waals surface area contributed by atoms with Crippen LogP contribution in [0, 0.1) is 10.1 Å². The van der Waals surface area contributed by atoms with Crippen LogP contribution in [0.1, 0.15) is 12.6 Å². The van der Waals surface area contributed by atoms with Crippen molar-refractivity contribution in [2.45, 2.75) is 6.92 Å². The van der Waals surface area contributed by atoms with Crippen molar-refractivity contribution in [2.24, 2.45) is 4.99 Å². The van der Waals surface area contributed by atoms with Gasteiger partial charge in [-0.2, -0.15) is 0 Å². The highest BCUT2D eigenvalue weighted by Crippen LogP contribution is 2.40. The van der Waals surface area contributed by atoms with Crippen molar-refractivity contribution in [1.82, 2.24) is 4.98 Å². The molecule has 1 N–H and O–H groups in total. The average molecular weight is 381 g/mol. The predicted octanol–water partition coefficient (Wildman–Crippen LogP) is 5.76. The lowest BCUT2D eigenvalue weighted by molar-refractivity contribution is -0.385. The third-order valence-electron chi connectivity index (χ3n) is 3.50. The second-order valence-electron chi connectivity index (χ2n) is 5.36. The lowest BCUT2D eigenvalue weighted by Crippen LogP contribution is -1.94. The predicted molar refractivity (Wildman–Crippen MR) is 106 cm³/mol. The van der Waals surface area contributed by atoms with E-state index >= 15 is 0 Å². The summed E-state index contributed by atoms with van der Waals surface area (Å²) >= 11 is 1.20. The van der Waals surface area contributed by atoms with Crippen LogP contribution < -0.4 is 4.74 Å². The third kappa shape index (κ3) is 4.01. The molecule has 0 atom stereocenters. The number of aliphatic hydroxyl groups is 1. The van der Waals surface area contributed by atoms with Crippen molar-refractivity contribution in [1.29, 1.82) is 0 Å². The standard InChI is InChI=1S/C19H15N3O4S/c1-3-20-19-17(12(2)23)21-18(27-19)13-9-10-16(15(11-13)22(24)25)26-14-7-5-4-6-8-14/h3-11,23H,2H2,1H3. The molecule has 0 aliphatic rings. The molecule has 0 aliphatic carbocycles. The first-order valence-corrected chi connectivity index (χ1v) is 8.70. The molecule has 7 nitrogen and oxygen atoms in total. The maximum Gasteiger partial charge on any atom is 0.312 e. The van der Waals surface area contributed by atoms with Crippen molar-refractivity contribution in [3.05, 3.63) is 70.9 Å². The number of aromatic nitrogens is 1. The first kappa shape index (κ1) is 18.3. The number of ether oxygens (including phenoxy) is 1. The van der Waals surface area contributed by atoms with Gasteiger partial charge in [0.05, 0.1) is 4.92 Å². The lowest BCUT2D eigenvalue weighted by Gasteiger charge is -2.07. The normalized spacial score (nSPS) is 10.9. The lowest BCUT2D eigenvalue weighted by atomic mass is 10.2. The minimum absolute atomic E-state index is 0.130. The van der Waals surface area contributed by atoms with Gasteiger partial charge in [0.15, 0.2) is 0 Å². The summed E-state index contributed by atoms with van der Waals surface area (Å²) in [6, 6.07) is 13.4. The van der Waals surface area contributed by atoms with Crippen molar-refractivity contribution in [2.75, 3.05) is 0 Å². The summed E-state index contributed by atoms with van der Waals surface area (Å²) in [6.45, 7) is 5.22. The van der Waals surface area contributed by atoms with E-state index in [2.05, 4.69) is 16.6 Å². The first-order valence-electron chi connectivity index (χ1n) is 7.89. The number of hydrogen-bond acceptors (Lipinski definition) is 7. The Morgan fingerprint density at radius 2 is 2.07 bits per heavy atom. The van der Waals surface area contributed by atoms with Crippen LogP contribution in [0.15, 0.2) is 60.1 Å². The second-order valence-corrected chi connectivity index (χ2v) is 6.34. The number of benzene rings is 2. The monoisotopic (exact) mass is 381 g/mol. The number of rotatable bonds is 6. The SMILES string of the molecule is C=C(O)c1nc(-c2ccc(Oc3ccccc3)c([N+](=O)[O-])c2)sc1N=CC. The highest BCUT2D eigenvalue weighted by molar-refractivity contribution is 7.19. The Balaban J connectivity index is 2.03. The Labute approximate surface area is 159 Å². The first-order chi connectivity index (χ1) is 13.0. The zero-order valence-electron chi connectivity index (χ0n) is 14.3. The maximum absolute atomic E-state index is 11.5. The van der Waals surface area contributed by atoms with Gasteiger partial charge in [-0.05, 0) is 31.2 Å². The third-order valence-corrected chi connectivity index (χ3v) is 4.52. The van der Waals surface area contributed by atoms with Crippen molar-refractivity contribution >= 4 is 34.0 Å². The Morgan fingerprint density at radius 1 is 1.33 bits per heavy atom. The Hall–Kier alpha value is -3.52. The highest BCUT2D eigenvalue weighted by atomic mass is 32.1. The zero-order chi connectivity index (χ0) is 19.4. The van der Waals surface area contributed by atoms with Crippen LogP contribution in [0.3, 0.4) is 0 Å². The summed E-state index contributed by atoms with van der Waals surface area (Å²) in [5.74, 6) is 0.419. The molecule has 0 amide bonds. The van der Waals surface area contributed by atoms with Gasteiger partial charge in [0.1, 0.15) is 27.2 Å². The number of nitro groups is 1. The van der Waals surface area contributed by atoms with Crippen LogP contribution in [-0.2, 0) is 0 Å². The van der Waals surface area contributed by atoms with Gasteiger partial charge in [-0.15, -0.1) is 0 Å². The van der Waals surface area contributed by atoms with Crippen LogP contribution in [-0.4, -0.2) is 21.2 Å². The Kier molecular flexibility index (Phi) is 5.28. The van der Waals surface area contributed by atoms with E-state index in [4.69, 9.17) is 4.74 Å². The van der Waals surface area contributed by atoms with Gasteiger partial charge in [-0.1, -0.05) is 36.1 Å². The molecule has 2 aromatic carbocycles. The molecule has 0 radical (unpaired) electrons. The van der Waals surface area contributed by atoms with Gasteiger partial charge in [-0.25, -0.2) is 9.98 Å². The van der Waals surface area contributed by atoms with Gasteiger partial charge in [0.25, 0.3) is 0 Å². The summed E-state index contributed by atoms with van der Waals surface area (Å²) in [7, 11) is 0. The summed E-state index contributed by atoms with van der Waals surface area (Å²) in [5.41, 5.74) is 0.587. The van der Waals surface area contributed by atoms with Crippen molar-refractivity contribution < 1.29 is 14.8 Å². The van der Waals surface area contributed by atoms with Crippen LogP contribution >= 0.6 is 11.3 Å². The fraction of sp³-hybridized carbons (Fsp3) is 0.0526. The van der Waals surface area contributed by atoms with E-state index in [9.17, 15) is 15.2 Å². The van der Waals surface area contributed by atoms with E-state index in [1.807, 2.05) is 6.07 Å². The van der Waals surface area contributed by atoms with E-state index in [0.717, 1.165) is 0 Å². The minimum atomic E-state index is -0.508. The molecule has 8 heteroatoms. The molecule has 0 aliphatic heterocycles. The van der Waals surface area contributed by atoms with Gasteiger partial charge in [0.2, 0.25) is 5.75 Å². The molecule has 0 unspecified atom stereocenters. The molecule has 0 fully saturated rings. The number of aliphatic hydroxyl groups excluding tert-OH is 1. The Bertz CT molecular complexity index is 1030. The molecule has 0 bridgehead atoms. The molecular weight excluding hydrogens is 366 g/mol. The van der Waals surface area contributed by atoms with Crippen molar-refractivity contribution in [3.63, 3.8) is 0 Å². The second kappa shape index (κ2) is 7.79. The summed E-state index contributed by atoms with van der Waals surface area (Å²) in [4.78, 5) is 19.5. The average Bonchev–Trinajstić information content (AvgIpc) is 3.07. The van der Waals surface area contributed by atoms with E-state index in [-0.39, 0.29) is 22.9 Å². The van der Waals surface area contributed by atoms with Gasteiger partial charge >= 0.3 is 5.69 Å². The molecule has 1 heterocycles. The van der Waals surface area contributed by atoms with Gasteiger partial charge in [0, 0.05) is 17.8 Å². The molecule has 0 saturated carbocycles. The van der Waals surface area contributed by atoms with Gasteiger partial charge < -0.3 is 9.84 Å². The fourth-order valence-corrected chi connectivity index (χ4v) is 3.31. The highest BCUT2D eigenvalue weighted by Gasteiger charge is 2.20. The van der Waals surface area contributed by atoms with Crippen LogP contribution in [0.25, 0.3) is 16.3 Å². The largest absolute Gasteiger partial charge is 0.506 e. The number of aliphatic imine (C=N–C) groups is 1. The van der Waals surface area contributed by atoms with Crippen molar-refractivity contribution in [3.8, 4) is 22.1 Å². The number of hydrogen-bond donors (Lipinski definition) is 1. The molecule has 1 aromatic heterocycles. The molecule has 27 heavy (non-hydrogen) atoms. The van der Waals surface area contributed by atoms with E-state index in [0.29, 0.717) is 21.3 Å².